The van der Waals surface area contributed by atoms with E-state index in [-0.39, 0.29) is 18.4 Å². The zero-order valence-corrected chi connectivity index (χ0v) is 15.6. The van der Waals surface area contributed by atoms with Crippen molar-refractivity contribution in [1.82, 2.24) is 0 Å². The second-order valence-electron chi connectivity index (χ2n) is 6.19. The molecule has 0 saturated heterocycles. The number of benzene rings is 2. The van der Waals surface area contributed by atoms with Crippen molar-refractivity contribution in [1.29, 1.82) is 0 Å². The van der Waals surface area contributed by atoms with Crippen molar-refractivity contribution >= 4 is 23.2 Å². The smallest absolute Gasteiger partial charge is 0.244 e. The highest BCUT2D eigenvalue weighted by Gasteiger charge is 2.20. The summed E-state index contributed by atoms with van der Waals surface area (Å²) in [5.41, 5.74) is 2.12. The van der Waals surface area contributed by atoms with E-state index in [1.165, 1.54) is 18.9 Å². The summed E-state index contributed by atoms with van der Waals surface area (Å²) in [7, 11) is 1.54. The summed E-state index contributed by atoms with van der Waals surface area (Å²) >= 11 is 0. The Kier molecular flexibility index (Phi) is 5.49. The van der Waals surface area contributed by atoms with Crippen molar-refractivity contribution in [3.05, 3.63) is 42.0 Å². The summed E-state index contributed by atoms with van der Waals surface area (Å²) < 4.78 is 16.3. The van der Waals surface area contributed by atoms with Gasteiger partial charge in [0.1, 0.15) is 25.5 Å². The molecule has 0 atom stereocenters. The molecule has 2 aromatic carbocycles. The van der Waals surface area contributed by atoms with Gasteiger partial charge in [0, 0.05) is 18.7 Å². The Morgan fingerprint density at radius 1 is 1.11 bits per heavy atom. The normalized spacial score (nSPS) is 12.3. The van der Waals surface area contributed by atoms with Crippen LogP contribution < -0.4 is 24.4 Å². The van der Waals surface area contributed by atoms with E-state index < -0.39 is 0 Å². The molecule has 1 aliphatic heterocycles. The summed E-state index contributed by atoms with van der Waals surface area (Å²) in [5, 5.41) is 2.81. The molecule has 0 fully saturated rings. The largest absolute Gasteiger partial charge is 0.495 e. The number of aryl methyl sites for hydroxylation is 1. The third-order valence-electron chi connectivity index (χ3n) is 4.15. The van der Waals surface area contributed by atoms with Gasteiger partial charge in [-0.05, 0) is 36.8 Å². The highest BCUT2D eigenvalue weighted by molar-refractivity contribution is 6.02. The van der Waals surface area contributed by atoms with Gasteiger partial charge in [0.2, 0.25) is 11.8 Å². The number of nitrogens with zero attached hydrogens (tertiary/aromatic N) is 1. The number of rotatable bonds is 5. The Morgan fingerprint density at radius 2 is 1.85 bits per heavy atom. The predicted octanol–water partition coefficient (Wildman–Crippen LogP) is 2.77. The van der Waals surface area contributed by atoms with Crippen LogP contribution in [-0.2, 0) is 9.59 Å². The Hall–Kier alpha value is -3.22. The fraction of sp³-hybridized carbons (Fsp3) is 0.300. The molecule has 7 heteroatoms. The van der Waals surface area contributed by atoms with E-state index in [1.807, 2.05) is 19.1 Å². The van der Waals surface area contributed by atoms with Gasteiger partial charge < -0.3 is 24.4 Å². The van der Waals surface area contributed by atoms with E-state index in [0.29, 0.717) is 41.8 Å². The number of ether oxygens (including phenoxy) is 3. The highest BCUT2D eigenvalue weighted by atomic mass is 16.6. The maximum Gasteiger partial charge on any atom is 0.244 e. The van der Waals surface area contributed by atoms with Crippen molar-refractivity contribution in [2.75, 3.05) is 37.1 Å². The van der Waals surface area contributed by atoms with Crippen LogP contribution in [0.2, 0.25) is 0 Å². The molecule has 3 rings (SSSR count). The van der Waals surface area contributed by atoms with Gasteiger partial charge in [-0.1, -0.05) is 6.07 Å². The molecule has 2 amide bonds. The van der Waals surface area contributed by atoms with Crippen LogP contribution in [-0.4, -0.2) is 38.7 Å². The number of amides is 2. The Morgan fingerprint density at radius 3 is 2.56 bits per heavy atom. The quantitative estimate of drug-likeness (QED) is 0.876. The van der Waals surface area contributed by atoms with Gasteiger partial charge in [0.15, 0.2) is 11.5 Å². The van der Waals surface area contributed by atoms with Crippen LogP contribution in [0, 0.1) is 6.92 Å². The predicted molar refractivity (Wildman–Crippen MR) is 102 cm³/mol. The first kappa shape index (κ1) is 18.6. The number of carbonyl (C=O) groups excluding carboxylic acids is 2. The molecule has 0 radical (unpaired) electrons. The molecule has 0 unspecified atom stereocenters. The fourth-order valence-corrected chi connectivity index (χ4v) is 2.84. The monoisotopic (exact) mass is 370 g/mol. The first-order valence-corrected chi connectivity index (χ1v) is 8.60. The van der Waals surface area contributed by atoms with E-state index in [1.54, 1.807) is 24.3 Å². The average Bonchev–Trinajstić information content (AvgIpc) is 2.65. The van der Waals surface area contributed by atoms with Gasteiger partial charge in [-0.15, -0.1) is 0 Å². The molecule has 27 heavy (non-hydrogen) atoms. The Bertz CT molecular complexity index is 865. The summed E-state index contributed by atoms with van der Waals surface area (Å²) in [6.07, 6.45) is 0. The third-order valence-corrected chi connectivity index (χ3v) is 4.15. The zero-order chi connectivity index (χ0) is 19.4. The third kappa shape index (κ3) is 4.31. The summed E-state index contributed by atoms with van der Waals surface area (Å²) in [5.74, 6) is 1.16. The first-order chi connectivity index (χ1) is 13.0. The molecular weight excluding hydrogens is 348 g/mol. The van der Waals surface area contributed by atoms with Crippen LogP contribution in [0.15, 0.2) is 36.4 Å². The van der Waals surface area contributed by atoms with Crippen LogP contribution in [0.5, 0.6) is 17.2 Å². The first-order valence-electron chi connectivity index (χ1n) is 8.60. The molecule has 1 N–H and O–H groups in total. The van der Waals surface area contributed by atoms with Crippen LogP contribution >= 0.6 is 0 Å². The second kappa shape index (κ2) is 7.99. The Balaban J connectivity index is 1.78. The van der Waals surface area contributed by atoms with E-state index in [2.05, 4.69) is 5.32 Å². The standard InChI is InChI=1S/C20H22N2O5/c1-13-4-6-17(25-3)16(10-13)21-20(24)12-22(14(2)23)15-5-7-18-19(11-15)27-9-8-26-18/h4-7,10-11H,8-9,12H2,1-3H3,(H,21,24). The lowest BCUT2D eigenvalue weighted by molar-refractivity contribution is -0.120. The number of methoxy groups -OCH3 is 1. The number of anilines is 2. The molecular formula is C20H22N2O5. The van der Waals surface area contributed by atoms with Crippen LogP contribution in [0.4, 0.5) is 11.4 Å². The zero-order valence-electron chi connectivity index (χ0n) is 15.6. The van der Waals surface area contributed by atoms with Crippen molar-refractivity contribution in [3.63, 3.8) is 0 Å². The SMILES string of the molecule is COc1ccc(C)cc1NC(=O)CN(C(C)=O)c1ccc2c(c1)OCCO2. The van der Waals surface area contributed by atoms with Gasteiger partial charge in [-0.3, -0.25) is 9.59 Å². The van der Waals surface area contributed by atoms with Crippen molar-refractivity contribution in [3.8, 4) is 17.2 Å². The lowest BCUT2D eigenvalue weighted by Crippen LogP contribution is -2.36. The topological polar surface area (TPSA) is 77.1 Å². The number of hydrogen-bond acceptors (Lipinski definition) is 5. The molecule has 0 bridgehead atoms. The number of carbonyl (C=O) groups is 2. The van der Waals surface area contributed by atoms with Gasteiger partial charge >= 0.3 is 0 Å². The summed E-state index contributed by atoms with van der Waals surface area (Å²) in [4.78, 5) is 26.1. The molecule has 0 saturated carbocycles. The lowest BCUT2D eigenvalue weighted by atomic mass is 10.2. The lowest BCUT2D eigenvalue weighted by Gasteiger charge is -2.24. The minimum atomic E-state index is -0.330. The van der Waals surface area contributed by atoms with Crippen molar-refractivity contribution in [2.24, 2.45) is 0 Å². The molecule has 1 heterocycles. The van der Waals surface area contributed by atoms with Crippen molar-refractivity contribution in [2.45, 2.75) is 13.8 Å². The van der Waals surface area contributed by atoms with Crippen LogP contribution in [0.3, 0.4) is 0 Å². The van der Waals surface area contributed by atoms with Crippen LogP contribution in [0.1, 0.15) is 12.5 Å². The Labute approximate surface area is 157 Å². The van der Waals surface area contributed by atoms with E-state index >= 15 is 0 Å². The molecule has 1 aliphatic rings. The minimum absolute atomic E-state index is 0.133. The maximum atomic E-state index is 12.6. The van der Waals surface area contributed by atoms with Gasteiger partial charge in [-0.25, -0.2) is 0 Å². The number of nitrogens with one attached hydrogen (secondary N) is 1. The number of fused-ring (bicyclic) bond motifs is 1. The second-order valence-corrected chi connectivity index (χ2v) is 6.19. The summed E-state index contributed by atoms with van der Waals surface area (Å²) in [6, 6.07) is 10.7. The highest BCUT2D eigenvalue weighted by Crippen LogP contribution is 2.34. The fourth-order valence-electron chi connectivity index (χ4n) is 2.84. The van der Waals surface area contributed by atoms with Crippen LogP contribution in [0.25, 0.3) is 0 Å². The van der Waals surface area contributed by atoms with Gasteiger partial charge in [0.05, 0.1) is 12.8 Å². The maximum absolute atomic E-state index is 12.6. The average molecular weight is 370 g/mol. The molecule has 142 valence electrons. The van der Waals surface area contributed by atoms with E-state index in [0.717, 1.165) is 5.56 Å². The minimum Gasteiger partial charge on any atom is -0.495 e. The molecule has 0 aromatic heterocycles. The van der Waals surface area contributed by atoms with E-state index in [4.69, 9.17) is 14.2 Å². The summed E-state index contributed by atoms with van der Waals surface area (Å²) in [6.45, 7) is 4.14. The molecule has 0 aliphatic carbocycles. The van der Waals surface area contributed by atoms with Gasteiger partial charge in [-0.2, -0.15) is 0 Å². The molecule has 0 spiro atoms. The number of hydrogen-bond donors (Lipinski definition) is 1. The van der Waals surface area contributed by atoms with Gasteiger partial charge in [0.25, 0.3) is 0 Å². The molecule has 7 nitrogen and oxygen atoms in total. The van der Waals surface area contributed by atoms with E-state index in [9.17, 15) is 9.59 Å². The van der Waals surface area contributed by atoms with Crippen molar-refractivity contribution < 1.29 is 23.8 Å². The molecule has 2 aromatic rings.